The molecule has 3 aromatic rings. The number of benzene rings is 1. The molecule has 0 saturated carbocycles. The summed E-state index contributed by atoms with van der Waals surface area (Å²) >= 11 is 5.85. The molecule has 0 spiro atoms. The van der Waals surface area contributed by atoms with Crippen LogP contribution >= 0.6 is 11.6 Å². The summed E-state index contributed by atoms with van der Waals surface area (Å²) in [5.41, 5.74) is 0.776. The second-order valence-electron chi connectivity index (χ2n) is 6.51. The Morgan fingerprint density at radius 1 is 1.38 bits per heavy atom. The van der Waals surface area contributed by atoms with E-state index in [2.05, 4.69) is 26.8 Å². The monoisotopic (exact) mass is 413 g/mol. The standard InChI is InChI=1S/C20H17ClFN5O2/c1-2-18(28)27-7-6-12(10-27)29-17-8-13-16(9-23-17)24-11-25-20(13)26-15-5-3-4-14(21)19(15)22/h2-5,8-9,11-12H,1,6-7,10H2,(H,24,25,26)/t12-/m0/s1. The summed E-state index contributed by atoms with van der Waals surface area (Å²) in [7, 11) is 0. The van der Waals surface area contributed by atoms with Gasteiger partial charge in [-0.3, -0.25) is 4.79 Å². The third-order valence-electron chi connectivity index (χ3n) is 4.62. The highest BCUT2D eigenvalue weighted by Crippen LogP contribution is 2.29. The lowest BCUT2D eigenvalue weighted by molar-refractivity contribution is -0.125. The number of aromatic nitrogens is 3. The molecule has 0 unspecified atom stereocenters. The maximum Gasteiger partial charge on any atom is 0.246 e. The Hall–Kier alpha value is -3.26. The van der Waals surface area contributed by atoms with Gasteiger partial charge >= 0.3 is 0 Å². The summed E-state index contributed by atoms with van der Waals surface area (Å²) in [6, 6.07) is 6.37. The minimum absolute atomic E-state index is 0.0129. The average Bonchev–Trinajstić information content (AvgIpc) is 3.19. The van der Waals surface area contributed by atoms with Gasteiger partial charge in [0.1, 0.15) is 18.2 Å². The number of fused-ring (bicyclic) bond motifs is 1. The van der Waals surface area contributed by atoms with Gasteiger partial charge in [-0.25, -0.2) is 19.3 Å². The molecule has 4 rings (SSSR count). The van der Waals surface area contributed by atoms with E-state index in [-0.39, 0.29) is 22.7 Å². The predicted molar refractivity (Wildman–Crippen MR) is 108 cm³/mol. The van der Waals surface area contributed by atoms with E-state index in [4.69, 9.17) is 16.3 Å². The van der Waals surface area contributed by atoms with E-state index in [1.807, 2.05) is 0 Å². The first-order valence-corrected chi connectivity index (χ1v) is 9.32. The molecule has 2 aromatic heterocycles. The van der Waals surface area contributed by atoms with E-state index >= 15 is 0 Å². The predicted octanol–water partition coefficient (Wildman–Crippen LogP) is 3.73. The summed E-state index contributed by atoms with van der Waals surface area (Å²) < 4.78 is 20.2. The molecule has 1 aliphatic heterocycles. The van der Waals surface area contributed by atoms with Gasteiger partial charge in [0.15, 0.2) is 5.82 Å². The number of likely N-dealkylation sites (tertiary alicyclic amines) is 1. The average molecular weight is 414 g/mol. The Labute approximate surface area is 171 Å². The zero-order valence-corrected chi connectivity index (χ0v) is 16.1. The van der Waals surface area contributed by atoms with Crippen molar-refractivity contribution in [1.29, 1.82) is 0 Å². The summed E-state index contributed by atoms with van der Waals surface area (Å²) in [5, 5.41) is 3.58. The van der Waals surface area contributed by atoms with Crippen LogP contribution in [-0.2, 0) is 4.79 Å². The van der Waals surface area contributed by atoms with Crippen LogP contribution in [0.5, 0.6) is 5.88 Å². The molecular formula is C20H17ClFN5O2. The minimum Gasteiger partial charge on any atom is -0.472 e. The van der Waals surface area contributed by atoms with Gasteiger partial charge in [0.05, 0.1) is 29.0 Å². The minimum atomic E-state index is -0.565. The number of ether oxygens (including phenoxy) is 1. The van der Waals surface area contributed by atoms with Crippen molar-refractivity contribution in [2.75, 3.05) is 18.4 Å². The summed E-state index contributed by atoms with van der Waals surface area (Å²) in [5.74, 6) is 0.0912. The van der Waals surface area contributed by atoms with Crippen LogP contribution in [0.25, 0.3) is 10.9 Å². The summed E-state index contributed by atoms with van der Waals surface area (Å²) in [4.78, 5) is 26.1. The van der Waals surface area contributed by atoms with Crippen molar-refractivity contribution in [2.45, 2.75) is 12.5 Å². The topological polar surface area (TPSA) is 80.2 Å². The Morgan fingerprint density at radius 3 is 3.07 bits per heavy atom. The van der Waals surface area contributed by atoms with Crippen LogP contribution in [0.2, 0.25) is 5.02 Å². The van der Waals surface area contributed by atoms with Gasteiger partial charge in [0.2, 0.25) is 11.8 Å². The molecule has 7 nitrogen and oxygen atoms in total. The number of amides is 1. The third-order valence-corrected chi connectivity index (χ3v) is 4.91. The first kappa shape index (κ1) is 19.1. The Balaban J connectivity index is 1.59. The number of hydrogen-bond acceptors (Lipinski definition) is 6. The first-order valence-electron chi connectivity index (χ1n) is 8.95. The molecule has 1 N–H and O–H groups in total. The van der Waals surface area contributed by atoms with Crippen LogP contribution in [0.4, 0.5) is 15.9 Å². The fraction of sp³-hybridized carbons (Fsp3) is 0.200. The number of hydrogen-bond donors (Lipinski definition) is 1. The van der Waals surface area contributed by atoms with Crippen LogP contribution < -0.4 is 10.1 Å². The van der Waals surface area contributed by atoms with Gasteiger partial charge in [0, 0.05) is 24.4 Å². The number of rotatable bonds is 5. The highest BCUT2D eigenvalue weighted by atomic mass is 35.5. The second kappa shape index (κ2) is 8.00. The maximum atomic E-state index is 14.3. The van der Waals surface area contributed by atoms with Crippen molar-refractivity contribution in [3.63, 3.8) is 0 Å². The van der Waals surface area contributed by atoms with Crippen molar-refractivity contribution in [3.05, 3.63) is 60.3 Å². The number of nitrogens with zero attached hydrogens (tertiary/aromatic N) is 4. The maximum absolute atomic E-state index is 14.3. The molecule has 148 valence electrons. The lowest BCUT2D eigenvalue weighted by Crippen LogP contribution is -2.29. The lowest BCUT2D eigenvalue weighted by Gasteiger charge is -2.15. The van der Waals surface area contributed by atoms with Crippen LogP contribution in [0.15, 0.2) is 49.4 Å². The van der Waals surface area contributed by atoms with Crippen molar-refractivity contribution in [1.82, 2.24) is 19.9 Å². The molecule has 1 amide bonds. The number of halogens is 2. The van der Waals surface area contributed by atoms with Gasteiger partial charge in [-0.15, -0.1) is 0 Å². The van der Waals surface area contributed by atoms with E-state index < -0.39 is 5.82 Å². The fourth-order valence-corrected chi connectivity index (χ4v) is 3.33. The van der Waals surface area contributed by atoms with Gasteiger partial charge < -0.3 is 15.0 Å². The van der Waals surface area contributed by atoms with Crippen molar-refractivity contribution in [3.8, 4) is 5.88 Å². The quantitative estimate of drug-likeness (QED) is 0.642. The number of carbonyl (C=O) groups excluding carboxylic acids is 1. The van der Waals surface area contributed by atoms with Crippen LogP contribution in [0.3, 0.4) is 0 Å². The van der Waals surface area contributed by atoms with E-state index in [9.17, 15) is 9.18 Å². The van der Waals surface area contributed by atoms with Crippen molar-refractivity contribution < 1.29 is 13.9 Å². The van der Waals surface area contributed by atoms with Crippen LogP contribution in [0.1, 0.15) is 6.42 Å². The van der Waals surface area contributed by atoms with Crippen LogP contribution in [0, 0.1) is 5.82 Å². The van der Waals surface area contributed by atoms with Gasteiger partial charge in [0.25, 0.3) is 0 Å². The summed E-state index contributed by atoms with van der Waals surface area (Å²) in [6.45, 7) is 4.58. The Morgan fingerprint density at radius 2 is 2.24 bits per heavy atom. The van der Waals surface area contributed by atoms with Crippen molar-refractivity contribution in [2.24, 2.45) is 0 Å². The number of nitrogens with one attached hydrogen (secondary N) is 1. The third kappa shape index (κ3) is 3.97. The number of anilines is 2. The number of carbonyl (C=O) groups is 1. The molecule has 1 saturated heterocycles. The zero-order valence-electron chi connectivity index (χ0n) is 15.3. The Bertz CT molecular complexity index is 1090. The highest BCUT2D eigenvalue weighted by Gasteiger charge is 2.26. The smallest absolute Gasteiger partial charge is 0.246 e. The number of pyridine rings is 1. The van der Waals surface area contributed by atoms with Gasteiger partial charge in [-0.2, -0.15) is 0 Å². The molecule has 1 fully saturated rings. The molecule has 29 heavy (non-hydrogen) atoms. The SMILES string of the molecule is C=CC(=O)N1CC[C@H](Oc2cc3c(Nc4cccc(Cl)c4F)ncnc3cn2)C1. The van der Waals surface area contributed by atoms with E-state index in [0.717, 1.165) is 0 Å². The highest BCUT2D eigenvalue weighted by molar-refractivity contribution is 6.31. The van der Waals surface area contributed by atoms with Crippen LogP contribution in [-0.4, -0.2) is 45.0 Å². The molecule has 0 bridgehead atoms. The molecule has 1 atom stereocenters. The van der Waals surface area contributed by atoms with E-state index in [0.29, 0.717) is 42.1 Å². The first-order chi connectivity index (χ1) is 14.0. The van der Waals surface area contributed by atoms with Gasteiger partial charge in [-0.1, -0.05) is 24.2 Å². The molecule has 1 aliphatic rings. The summed E-state index contributed by atoms with van der Waals surface area (Å²) in [6.07, 6.45) is 4.75. The normalized spacial score (nSPS) is 16.1. The van der Waals surface area contributed by atoms with E-state index in [1.54, 1.807) is 29.3 Å². The van der Waals surface area contributed by atoms with E-state index in [1.165, 1.54) is 18.5 Å². The lowest BCUT2D eigenvalue weighted by atomic mass is 10.2. The molecule has 9 heteroatoms. The molecule has 1 aromatic carbocycles. The molecule has 0 radical (unpaired) electrons. The molecular weight excluding hydrogens is 397 g/mol. The molecule has 3 heterocycles. The Kier molecular flexibility index (Phi) is 5.26. The van der Waals surface area contributed by atoms with Gasteiger partial charge in [-0.05, 0) is 18.2 Å². The molecule has 0 aliphatic carbocycles. The fourth-order valence-electron chi connectivity index (χ4n) is 3.16. The van der Waals surface area contributed by atoms with Crippen molar-refractivity contribution >= 4 is 39.9 Å². The second-order valence-corrected chi connectivity index (χ2v) is 6.91. The largest absolute Gasteiger partial charge is 0.472 e. The zero-order chi connectivity index (χ0) is 20.4.